The van der Waals surface area contributed by atoms with Gasteiger partial charge in [-0.15, -0.1) is 0 Å². The van der Waals surface area contributed by atoms with Crippen molar-refractivity contribution in [1.82, 2.24) is 5.32 Å². The quantitative estimate of drug-likeness (QED) is 0.826. The Morgan fingerprint density at radius 2 is 1.42 bits per heavy atom. The molecule has 1 amide bonds. The molecule has 7 heteroatoms. The highest BCUT2D eigenvalue weighted by Crippen LogP contribution is 2.16. The molecule has 0 aromatic heterocycles. The number of ether oxygens (including phenoxy) is 2. The van der Waals surface area contributed by atoms with Crippen molar-refractivity contribution in [2.45, 2.75) is 4.90 Å². The third-order valence-corrected chi connectivity index (χ3v) is 5.16. The van der Waals surface area contributed by atoms with Crippen molar-refractivity contribution < 1.29 is 22.7 Å². The summed E-state index contributed by atoms with van der Waals surface area (Å²) in [5.74, 6) is 0.722. The topological polar surface area (TPSA) is 81.7 Å². The molecule has 0 saturated carbocycles. The molecule has 0 aliphatic heterocycles. The van der Waals surface area contributed by atoms with Crippen LogP contribution in [0.4, 0.5) is 0 Å². The fourth-order valence-corrected chi connectivity index (χ4v) is 3.20. The van der Waals surface area contributed by atoms with Crippen molar-refractivity contribution in [2.24, 2.45) is 0 Å². The van der Waals surface area contributed by atoms with Gasteiger partial charge in [-0.25, -0.2) is 8.42 Å². The van der Waals surface area contributed by atoms with Gasteiger partial charge in [0.05, 0.1) is 24.9 Å². The van der Waals surface area contributed by atoms with Gasteiger partial charge in [0.2, 0.25) is 0 Å². The maximum Gasteiger partial charge on any atom is 0.251 e. The lowest BCUT2D eigenvalue weighted by Crippen LogP contribution is -2.29. The van der Waals surface area contributed by atoms with Crippen LogP contribution in [0.1, 0.15) is 10.4 Å². The lowest BCUT2D eigenvalue weighted by molar-refractivity contribution is 0.0956. The average molecular weight is 349 g/mol. The minimum atomic E-state index is -3.46. The van der Waals surface area contributed by atoms with E-state index < -0.39 is 9.84 Å². The molecule has 1 N–H and O–H groups in total. The molecule has 2 rings (SSSR count). The number of hydrogen-bond acceptors (Lipinski definition) is 5. The van der Waals surface area contributed by atoms with E-state index in [0.717, 1.165) is 0 Å². The third kappa shape index (κ3) is 4.48. The molecule has 0 saturated heterocycles. The zero-order valence-corrected chi connectivity index (χ0v) is 14.3. The van der Waals surface area contributed by atoms with Crippen LogP contribution in [0, 0.1) is 0 Å². The Hall–Kier alpha value is -2.54. The summed E-state index contributed by atoms with van der Waals surface area (Å²) in [7, 11) is -0.411. The molecule has 0 atom stereocenters. The van der Waals surface area contributed by atoms with Crippen molar-refractivity contribution in [1.29, 1.82) is 0 Å². The van der Waals surface area contributed by atoms with Crippen molar-refractivity contribution in [3.05, 3.63) is 54.1 Å². The highest BCUT2D eigenvalue weighted by atomic mass is 32.2. The summed E-state index contributed by atoms with van der Waals surface area (Å²) in [6.45, 7) is 0.0270. The Balaban J connectivity index is 1.92. The molecule has 0 bridgehead atoms. The van der Waals surface area contributed by atoms with E-state index in [-0.39, 0.29) is 23.1 Å². The number of carbonyl (C=O) groups is 1. The molecule has 128 valence electrons. The smallest absolute Gasteiger partial charge is 0.251 e. The van der Waals surface area contributed by atoms with Gasteiger partial charge in [-0.05, 0) is 48.5 Å². The summed E-state index contributed by atoms with van der Waals surface area (Å²) < 4.78 is 34.5. The van der Waals surface area contributed by atoms with Gasteiger partial charge in [-0.1, -0.05) is 0 Å². The van der Waals surface area contributed by atoms with Crippen LogP contribution in [0.2, 0.25) is 0 Å². The van der Waals surface area contributed by atoms with Crippen molar-refractivity contribution in [2.75, 3.05) is 26.5 Å². The highest BCUT2D eigenvalue weighted by Gasteiger charge is 2.15. The molecule has 0 aliphatic carbocycles. The third-order valence-electron chi connectivity index (χ3n) is 3.43. The second kappa shape index (κ2) is 7.83. The van der Waals surface area contributed by atoms with Gasteiger partial charge in [0.25, 0.3) is 5.91 Å². The van der Waals surface area contributed by atoms with Gasteiger partial charge in [0.1, 0.15) is 11.5 Å². The first-order chi connectivity index (χ1) is 11.5. The van der Waals surface area contributed by atoms with Crippen molar-refractivity contribution >= 4 is 15.7 Å². The number of sulfone groups is 1. The fraction of sp³-hybridized carbons (Fsp3) is 0.235. The highest BCUT2D eigenvalue weighted by molar-refractivity contribution is 7.91. The summed E-state index contributed by atoms with van der Waals surface area (Å²) in [5.41, 5.74) is 0.442. The molecular formula is C17H19NO5S. The molecule has 6 nitrogen and oxygen atoms in total. The Morgan fingerprint density at radius 3 is 1.92 bits per heavy atom. The van der Waals surface area contributed by atoms with E-state index in [1.807, 2.05) is 0 Å². The first-order valence-corrected chi connectivity index (χ1v) is 8.90. The Kier molecular flexibility index (Phi) is 5.81. The van der Waals surface area contributed by atoms with E-state index in [9.17, 15) is 13.2 Å². The second-order valence-corrected chi connectivity index (χ2v) is 7.09. The Labute approximate surface area is 141 Å². The normalized spacial score (nSPS) is 10.9. The van der Waals surface area contributed by atoms with Crippen molar-refractivity contribution in [3.63, 3.8) is 0 Å². The Bertz CT molecular complexity index is 783. The molecule has 0 aliphatic rings. The van der Waals surface area contributed by atoms with E-state index in [1.54, 1.807) is 43.5 Å². The molecule has 0 spiro atoms. The SMILES string of the molecule is COc1ccc(C(=O)NCCS(=O)(=O)c2ccc(OC)cc2)cc1. The van der Waals surface area contributed by atoms with Crippen LogP contribution < -0.4 is 14.8 Å². The molecule has 2 aromatic carbocycles. The largest absolute Gasteiger partial charge is 0.497 e. The van der Waals surface area contributed by atoms with Gasteiger partial charge in [0, 0.05) is 12.1 Å². The van der Waals surface area contributed by atoms with E-state index in [1.165, 1.54) is 19.2 Å². The molecule has 24 heavy (non-hydrogen) atoms. The summed E-state index contributed by atoms with van der Waals surface area (Å²) >= 11 is 0. The van der Waals surface area contributed by atoms with Gasteiger partial charge in [-0.3, -0.25) is 4.79 Å². The zero-order valence-electron chi connectivity index (χ0n) is 13.5. The number of carbonyl (C=O) groups excluding carboxylic acids is 1. The lowest BCUT2D eigenvalue weighted by Gasteiger charge is -2.08. The van der Waals surface area contributed by atoms with Gasteiger partial charge in [0.15, 0.2) is 9.84 Å². The van der Waals surface area contributed by atoms with Crippen LogP contribution >= 0.6 is 0 Å². The summed E-state index contributed by atoms with van der Waals surface area (Å²) in [6, 6.07) is 12.7. The van der Waals surface area contributed by atoms with Crippen LogP contribution in [0.5, 0.6) is 11.5 Å². The number of nitrogens with one attached hydrogen (secondary N) is 1. The summed E-state index contributed by atoms with van der Waals surface area (Å²) in [6.07, 6.45) is 0. The fourth-order valence-electron chi connectivity index (χ4n) is 2.04. The lowest BCUT2D eigenvalue weighted by atomic mass is 10.2. The maximum absolute atomic E-state index is 12.2. The van der Waals surface area contributed by atoms with Gasteiger partial charge >= 0.3 is 0 Å². The Morgan fingerprint density at radius 1 is 0.917 bits per heavy atom. The maximum atomic E-state index is 12.2. The van der Waals surface area contributed by atoms with E-state index in [4.69, 9.17) is 9.47 Å². The van der Waals surface area contributed by atoms with E-state index >= 15 is 0 Å². The molecule has 2 aromatic rings. The zero-order chi connectivity index (χ0) is 17.6. The summed E-state index contributed by atoms with van der Waals surface area (Å²) in [4.78, 5) is 12.2. The van der Waals surface area contributed by atoms with Gasteiger partial charge in [-0.2, -0.15) is 0 Å². The average Bonchev–Trinajstić information content (AvgIpc) is 2.61. The van der Waals surface area contributed by atoms with E-state index in [0.29, 0.717) is 17.1 Å². The van der Waals surface area contributed by atoms with Gasteiger partial charge < -0.3 is 14.8 Å². The first-order valence-electron chi connectivity index (χ1n) is 7.25. The standard InChI is InChI=1S/C17H19NO5S/c1-22-14-5-3-13(4-6-14)17(19)18-11-12-24(20,21)16-9-7-15(23-2)8-10-16/h3-10H,11-12H2,1-2H3,(H,18,19). The minimum absolute atomic E-state index is 0.0270. The minimum Gasteiger partial charge on any atom is -0.497 e. The number of benzene rings is 2. The van der Waals surface area contributed by atoms with Crippen molar-refractivity contribution in [3.8, 4) is 11.5 Å². The number of amides is 1. The molecule has 0 unspecified atom stereocenters. The van der Waals surface area contributed by atoms with Crippen LogP contribution in [0.3, 0.4) is 0 Å². The predicted octanol–water partition coefficient (Wildman–Crippen LogP) is 1.91. The monoisotopic (exact) mass is 349 g/mol. The molecule has 0 fully saturated rings. The molecular weight excluding hydrogens is 330 g/mol. The van der Waals surface area contributed by atoms with Crippen LogP contribution in [0.15, 0.2) is 53.4 Å². The molecule has 0 radical (unpaired) electrons. The number of hydrogen-bond donors (Lipinski definition) is 1. The van der Waals surface area contributed by atoms with E-state index in [2.05, 4.69) is 5.32 Å². The number of methoxy groups -OCH3 is 2. The van der Waals surface area contributed by atoms with Crippen LogP contribution in [0.25, 0.3) is 0 Å². The first kappa shape index (κ1) is 17.8. The number of rotatable bonds is 7. The predicted molar refractivity (Wildman–Crippen MR) is 90.4 cm³/mol. The summed E-state index contributed by atoms with van der Waals surface area (Å²) in [5, 5.41) is 2.60. The molecule has 0 heterocycles. The van der Waals surface area contributed by atoms with Crippen LogP contribution in [-0.2, 0) is 9.84 Å². The second-order valence-electron chi connectivity index (χ2n) is 4.98. The van der Waals surface area contributed by atoms with Crippen LogP contribution in [-0.4, -0.2) is 40.8 Å².